The monoisotopic (exact) mass is 306 g/mol. The van der Waals surface area contributed by atoms with E-state index in [9.17, 15) is 9.18 Å². The number of ether oxygens (including phenoxy) is 1. The number of fused-ring (bicyclic) bond motifs is 3. The Balaban J connectivity index is 1.62. The largest absolute Gasteiger partial charge is 0.469 e. The number of methoxy groups -OCH3 is 1. The fraction of sp³-hybridized carbons (Fsp3) is 0.765. The number of rotatable bonds is 3. The number of hydrogen-bond donors (Lipinski definition) is 0. The lowest BCUT2D eigenvalue weighted by Gasteiger charge is -2.51. The Kier molecular flexibility index (Phi) is 2.80. The molecule has 22 heavy (non-hydrogen) atoms. The molecule has 0 N–H and O–H groups in total. The smallest absolute Gasteiger partial charge is 0.311 e. The molecule has 4 fully saturated rings. The van der Waals surface area contributed by atoms with Gasteiger partial charge in [-0.3, -0.25) is 9.48 Å². The third kappa shape index (κ3) is 1.80. The quantitative estimate of drug-likeness (QED) is 0.806. The van der Waals surface area contributed by atoms with E-state index >= 15 is 0 Å². The number of halogens is 1. The van der Waals surface area contributed by atoms with Gasteiger partial charge in [0.2, 0.25) is 0 Å². The number of aryl methyl sites for hydroxylation is 1. The lowest BCUT2D eigenvalue weighted by molar-refractivity contribution is -0.160. The lowest BCUT2D eigenvalue weighted by atomic mass is 9.53. The van der Waals surface area contributed by atoms with Gasteiger partial charge < -0.3 is 4.74 Å². The Bertz CT molecular complexity index is 608. The molecule has 1 heterocycles. The minimum Gasteiger partial charge on any atom is -0.469 e. The molecule has 1 aromatic heterocycles. The van der Waals surface area contributed by atoms with Gasteiger partial charge >= 0.3 is 5.97 Å². The van der Waals surface area contributed by atoms with Gasteiger partial charge in [0.15, 0.2) is 5.67 Å². The van der Waals surface area contributed by atoms with Gasteiger partial charge in [-0.1, -0.05) is 0 Å². The average molecular weight is 306 g/mol. The summed E-state index contributed by atoms with van der Waals surface area (Å²) in [6.07, 6.45) is 6.70. The molecule has 1 aromatic rings. The summed E-state index contributed by atoms with van der Waals surface area (Å²) in [6, 6.07) is 1.99. The molecule has 4 aliphatic rings. The van der Waals surface area contributed by atoms with Crippen LogP contribution in [0.4, 0.5) is 4.39 Å². The molecule has 2 bridgehead atoms. The van der Waals surface area contributed by atoms with Crippen LogP contribution in [-0.2, 0) is 27.7 Å². The first-order chi connectivity index (χ1) is 10.4. The van der Waals surface area contributed by atoms with E-state index in [0.717, 1.165) is 49.9 Å². The van der Waals surface area contributed by atoms with Crippen LogP contribution in [0.1, 0.15) is 62.8 Å². The van der Waals surface area contributed by atoms with Gasteiger partial charge in [-0.15, -0.1) is 0 Å². The van der Waals surface area contributed by atoms with Gasteiger partial charge in [0.05, 0.1) is 23.9 Å². The van der Waals surface area contributed by atoms with Crippen molar-refractivity contribution in [2.24, 2.45) is 12.5 Å². The van der Waals surface area contributed by atoms with Crippen LogP contribution in [0.2, 0.25) is 0 Å². The second kappa shape index (κ2) is 4.33. The van der Waals surface area contributed by atoms with Crippen molar-refractivity contribution in [1.82, 2.24) is 9.78 Å². The van der Waals surface area contributed by atoms with Gasteiger partial charge in [-0.25, -0.2) is 4.39 Å². The van der Waals surface area contributed by atoms with Crippen LogP contribution in [-0.4, -0.2) is 22.9 Å². The number of aromatic nitrogens is 2. The summed E-state index contributed by atoms with van der Waals surface area (Å²) in [5.41, 5.74) is 0.387. The normalized spacial score (nSPS) is 35.4. The van der Waals surface area contributed by atoms with E-state index in [2.05, 4.69) is 5.10 Å². The van der Waals surface area contributed by atoms with Gasteiger partial charge in [-0.2, -0.15) is 5.10 Å². The molecular formula is C17H23FN2O2. The molecule has 120 valence electrons. The van der Waals surface area contributed by atoms with E-state index in [0.29, 0.717) is 12.8 Å². The summed E-state index contributed by atoms with van der Waals surface area (Å²) in [7, 11) is 3.33. The fourth-order valence-electron chi connectivity index (χ4n) is 4.60. The molecule has 4 aliphatic carbocycles. The summed E-state index contributed by atoms with van der Waals surface area (Å²) < 4.78 is 21.1. The molecule has 4 nitrogen and oxygen atoms in total. The summed E-state index contributed by atoms with van der Waals surface area (Å²) in [5.74, 6) is -0.0526. The highest BCUT2D eigenvalue weighted by atomic mass is 19.1. The first-order valence-electron chi connectivity index (χ1n) is 8.26. The molecule has 0 saturated heterocycles. The van der Waals surface area contributed by atoms with Crippen LogP contribution in [0, 0.1) is 5.41 Å². The number of nitrogens with zero attached hydrogens (tertiary/aromatic N) is 2. The third-order valence-electron chi connectivity index (χ3n) is 6.44. The second-order valence-corrected chi connectivity index (χ2v) is 7.56. The van der Waals surface area contributed by atoms with Crippen molar-refractivity contribution in [2.75, 3.05) is 7.11 Å². The average Bonchev–Trinajstić information content (AvgIpc) is 3.16. The second-order valence-electron chi connectivity index (χ2n) is 7.56. The fourth-order valence-corrected chi connectivity index (χ4v) is 4.60. The summed E-state index contributed by atoms with van der Waals surface area (Å²) in [4.78, 5) is 12.1. The molecule has 0 spiro atoms. The van der Waals surface area contributed by atoms with Crippen LogP contribution in [0.3, 0.4) is 0 Å². The zero-order valence-corrected chi connectivity index (χ0v) is 13.3. The molecule has 0 unspecified atom stereocenters. The van der Waals surface area contributed by atoms with Crippen molar-refractivity contribution in [3.05, 3.63) is 17.5 Å². The Morgan fingerprint density at radius 2 is 1.77 bits per heavy atom. The van der Waals surface area contributed by atoms with Gasteiger partial charge in [0, 0.05) is 12.5 Å². The van der Waals surface area contributed by atoms with Crippen LogP contribution in [0.15, 0.2) is 6.07 Å². The van der Waals surface area contributed by atoms with Crippen molar-refractivity contribution < 1.29 is 13.9 Å². The molecule has 0 aliphatic heterocycles. The van der Waals surface area contributed by atoms with Crippen LogP contribution >= 0.6 is 0 Å². The Morgan fingerprint density at radius 3 is 2.27 bits per heavy atom. The first-order valence-corrected chi connectivity index (χ1v) is 8.26. The zero-order valence-electron chi connectivity index (χ0n) is 13.3. The van der Waals surface area contributed by atoms with Crippen molar-refractivity contribution in [3.63, 3.8) is 0 Å². The first kappa shape index (κ1) is 14.2. The highest BCUT2D eigenvalue weighted by Crippen LogP contribution is 2.58. The Labute approximate surface area is 130 Å². The Morgan fingerprint density at radius 1 is 1.18 bits per heavy atom. The highest BCUT2D eigenvalue weighted by molar-refractivity contribution is 5.77. The molecule has 4 saturated carbocycles. The van der Waals surface area contributed by atoms with E-state index in [1.807, 2.05) is 13.1 Å². The molecule has 5 rings (SSSR count). The summed E-state index contributed by atoms with van der Waals surface area (Å²) in [6.45, 7) is 0. The maximum atomic E-state index is 14.4. The SMILES string of the molecule is COC(=O)C12CCC(c3cc(C4(F)CC4)n(C)n3)(CC1)CC2. The van der Waals surface area contributed by atoms with Crippen molar-refractivity contribution >= 4 is 5.97 Å². The molecule has 0 aromatic carbocycles. The molecule has 5 heteroatoms. The number of carbonyl (C=O) groups is 1. The third-order valence-corrected chi connectivity index (χ3v) is 6.44. The van der Waals surface area contributed by atoms with Crippen LogP contribution in [0.5, 0.6) is 0 Å². The molecule has 0 amide bonds. The Hall–Kier alpha value is -1.39. The predicted molar refractivity (Wildman–Crippen MR) is 79.1 cm³/mol. The summed E-state index contributed by atoms with van der Waals surface area (Å²) in [5, 5.41) is 4.66. The number of esters is 1. The van der Waals surface area contributed by atoms with E-state index in [1.54, 1.807) is 4.68 Å². The maximum Gasteiger partial charge on any atom is 0.311 e. The van der Waals surface area contributed by atoms with Crippen molar-refractivity contribution in [2.45, 2.75) is 62.5 Å². The van der Waals surface area contributed by atoms with Gasteiger partial charge in [0.25, 0.3) is 0 Å². The predicted octanol–water partition coefficient (Wildman–Crippen LogP) is 3.14. The van der Waals surface area contributed by atoms with E-state index < -0.39 is 5.67 Å². The van der Waals surface area contributed by atoms with Crippen molar-refractivity contribution in [1.29, 1.82) is 0 Å². The van der Waals surface area contributed by atoms with Crippen LogP contribution < -0.4 is 0 Å². The minimum atomic E-state index is -1.14. The number of alkyl halides is 1. The zero-order chi connectivity index (χ0) is 15.6. The van der Waals surface area contributed by atoms with Crippen molar-refractivity contribution in [3.8, 4) is 0 Å². The highest BCUT2D eigenvalue weighted by Gasteiger charge is 2.55. The van der Waals surface area contributed by atoms with Crippen LogP contribution in [0.25, 0.3) is 0 Å². The lowest BCUT2D eigenvalue weighted by Crippen LogP contribution is -2.48. The van der Waals surface area contributed by atoms with Gasteiger partial charge in [-0.05, 0) is 57.4 Å². The molecular weight excluding hydrogens is 283 g/mol. The molecule has 0 atom stereocenters. The maximum absolute atomic E-state index is 14.4. The minimum absolute atomic E-state index is 0.0387. The van der Waals surface area contributed by atoms with E-state index in [-0.39, 0.29) is 16.8 Å². The van der Waals surface area contributed by atoms with E-state index in [1.165, 1.54) is 7.11 Å². The number of hydrogen-bond acceptors (Lipinski definition) is 3. The van der Waals surface area contributed by atoms with Gasteiger partial charge in [0.1, 0.15) is 0 Å². The number of carbonyl (C=O) groups excluding carboxylic acids is 1. The van der Waals surface area contributed by atoms with E-state index in [4.69, 9.17) is 4.74 Å². The standard InChI is InChI=1S/C17H23FN2O2/c1-20-13(17(18)9-10-17)11-12(19-20)15-3-6-16(7-4-15,8-5-15)14(21)22-2/h11H,3-10H2,1-2H3. The summed E-state index contributed by atoms with van der Waals surface area (Å²) >= 11 is 0. The molecule has 0 radical (unpaired) electrons. The topological polar surface area (TPSA) is 44.1 Å².